The SMILES string of the molecule is Cc1ccc(S(=O)(=O)N2CCCO[C@H]2CNC(=O)C(=O)NCCN(C)C)cc1. The van der Waals surface area contributed by atoms with E-state index in [1.807, 2.05) is 25.9 Å². The molecule has 1 aromatic carbocycles. The molecule has 1 saturated heterocycles. The van der Waals surface area contributed by atoms with Gasteiger partial charge < -0.3 is 20.3 Å². The molecule has 1 aliphatic rings. The van der Waals surface area contributed by atoms with Crippen molar-refractivity contribution >= 4 is 21.8 Å². The maximum absolute atomic E-state index is 12.9. The summed E-state index contributed by atoms with van der Waals surface area (Å²) in [4.78, 5) is 25.8. The lowest BCUT2D eigenvalue weighted by molar-refractivity contribution is -0.140. The number of benzene rings is 1. The van der Waals surface area contributed by atoms with E-state index in [-0.39, 0.29) is 18.0 Å². The molecule has 2 rings (SSSR count). The first-order valence-corrected chi connectivity index (χ1v) is 10.6. The molecule has 0 unspecified atom stereocenters. The first-order valence-electron chi connectivity index (χ1n) is 9.12. The first-order chi connectivity index (χ1) is 13.2. The molecule has 0 aliphatic carbocycles. The number of aryl methyl sites for hydroxylation is 1. The van der Waals surface area contributed by atoms with Crippen molar-refractivity contribution in [2.45, 2.75) is 24.5 Å². The quantitative estimate of drug-likeness (QED) is 0.586. The van der Waals surface area contributed by atoms with E-state index in [0.717, 1.165) is 5.56 Å². The third kappa shape index (κ3) is 5.99. The number of likely N-dealkylation sites (N-methyl/N-ethyl adjacent to an activating group) is 1. The fourth-order valence-corrected chi connectivity index (χ4v) is 4.25. The van der Waals surface area contributed by atoms with Crippen LogP contribution in [0.4, 0.5) is 0 Å². The maximum atomic E-state index is 12.9. The number of carbonyl (C=O) groups excluding carboxylic acids is 2. The fraction of sp³-hybridized carbons (Fsp3) is 0.556. The zero-order valence-corrected chi connectivity index (χ0v) is 17.3. The Balaban J connectivity index is 1.98. The minimum Gasteiger partial charge on any atom is -0.360 e. The van der Waals surface area contributed by atoms with E-state index in [1.165, 1.54) is 4.31 Å². The summed E-state index contributed by atoms with van der Waals surface area (Å²) in [7, 11) is -0.0551. The van der Waals surface area contributed by atoms with Gasteiger partial charge in [0.05, 0.1) is 18.0 Å². The molecule has 1 aliphatic heterocycles. The zero-order chi connectivity index (χ0) is 20.7. The summed E-state index contributed by atoms with van der Waals surface area (Å²) < 4.78 is 32.7. The first kappa shape index (κ1) is 22.3. The molecule has 0 spiro atoms. The molecule has 2 N–H and O–H groups in total. The van der Waals surface area contributed by atoms with Gasteiger partial charge in [0, 0.05) is 19.6 Å². The fourth-order valence-electron chi connectivity index (χ4n) is 2.68. The van der Waals surface area contributed by atoms with Gasteiger partial charge in [0.25, 0.3) is 0 Å². The average Bonchev–Trinajstić information content (AvgIpc) is 2.66. The highest BCUT2D eigenvalue weighted by Gasteiger charge is 2.34. The summed E-state index contributed by atoms with van der Waals surface area (Å²) in [6, 6.07) is 6.55. The topological polar surface area (TPSA) is 108 Å². The molecule has 1 heterocycles. The van der Waals surface area contributed by atoms with Crippen LogP contribution in [0.2, 0.25) is 0 Å². The van der Waals surface area contributed by atoms with Crippen LogP contribution >= 0.6 is 0 Å². The summed E-state index contributed by atoms with van der Waals surface area (Å²) in [5, 5.41) is 4.97. The molecule has 0 saturated carbocycles. The number of amides is 2. The number of hydrogen-bond acceptors (Lipinski definition) is 6. The second-order valence-electron chi connectivity index (χ2n) is 6.88. The van der Waals surface area contributed by atoms with Crippen LogP contribution in [0.25, 0.3) is 0 Å². The third-order valence-corrected chi connectivity index (χ3v) is 6.17. The highest BCUT2D eigenvalue weighted by Crippen LogP contribution is 2.22. The molecular formula is C18H28N4O5S. The smallest absolute Gasteiger partial charge is 0.309 e. The molecule has 9 nitrogen and oxygen atoms in total. The van der Waals surface area contributed by atoms with E-state index in [9.17, 15) is 18.0 Å². The second kappa shape index (κ2) is 9.97. The Bertz CT molecular complexity index is 780. The van der Waals surface area contributed by atoms with E-state index in [4.69, 9.17) is 4.74 Å². The van der Waals surface area contributed by atoms with Gasteiger partial charge in [-0.3, -0.25) is 9.59 Å². The standard InChI is InChI=1S/C18H28N4O5S/c1-14-5-7-15(8-6-14)28(25,26)22-10-4-12-27-16(22)13-20-18(24)17(23)19-9-11-21(2)3/h5-8,16H,4,9-13H2,1-3H3,(H,19,23)(H,20,24)/t16-/m0/s1. The number of nitrogens with zero attached hydrogens (tertiary/aromatic N) is 2. The molecule has 1 atom stereocenters. The number of ether oxygens (including phenoxy) is 1. The number of carbonyl (C=O) groups is 2. The van der Waals surface area contributed by atoms with Gasteiger partial charge in [-0.2, -0.15) is 4.31 Å². The van der Waals surface area contributed by atoms with Crippen molar-refractivity contribution in [1.29, 1.82) is 0 Å². The molecule has 10 heteroatoms. The molecule has 2 amide bonds. The van der Waals surface area contributed by atoms with Crippen molar-refractivity contribution in [2.75, 3.05) is 46.9 Å². The number of hydrogen-bond donors (Lipinski definition) is 2. The number of rotatable bonds is 7. The number of nitrogens with one attached hydrogen (secondary N) is 2. The summed E-state index contributed by atoms with van der Waals surface area (Å²) >= 11 is 0. The van der Waals surface area contributed by atoms with Crippen LogP contribution < -0.4 is 10.6 Å². The van der Waals surface area contributed by atoms with Gasteiger partial charge >= 0.3 is 11.8 Å². The lowest BCUT2D eigenvalue weighted by atomic mass is 10.2. The lowest BCUT2D eigenvalue weighted by Gasteiger charge is -2.34. The zero-order valence-electron chi connectivity index (χ0n) is 16.5. The van der Waals surface area contributed by atoms with Crippen molar-refractivity contribution in [3.8, 4) is 0 Å². The van der Waals surface area contributed by atoms with Gasteiger partial charge in [-0.15, -0.1) is 0 Å². The minimum absolute atomic E-state index is 0.106. The van der Waals surface area contributed by atoms with E-state index >= 15 is 0 Å². The highest BCUT2D eigenvalue weighted by molar-refractivity contribution is 7.89. The molecule has 156 valence electrons. The van der Waals surface area contributed by atoms with Gasteiger partial charge in [0.1, 0.15) is 6.23 Å². The van der Waals surface area contributed by atoms with Crippen molar-refractivity contribution in [3.63, 3.8) is 0 Å². The van der Waals surface area contributed by atoms with Crippen LogP contribution in [0.3, 0.4) is 0 Å². The minimum atomic E-state index is -3.77. The highest BCUT2D eigenvalue weighted by atomic mass is 32.2. The average molecular weight is 413 g/mol. The molecular weight excluding hydrogens is 384 g/mol. The van der Waals surface area contributed by atoms with Crippen molar-refractivity contribution in [3.05, 3.63) is 29.8 Å². The Kier molecular flexibility index (Phi) is 7.93. The van der Waals surface area contributed by atoms with Crippen LogP contribution in [-0.2, 0) is 24.3 Å². The lowest BCUT2D eigenvalue weighted by Crippen LogP contribution is -2.53. The summed E-state index contributed by atoms with van der Waals surface area (Å²) in [5.74, 6) is -1.58. The van der Waals surface area contributed by atoms with Crippen molar-refractivity contribution in [1.82, 2.24) is 19.8 Å². The largest absolute Gasteiger partial charge is 0.360 e. The Labute approximate surface area is 166 Å². The van der Waals surface area contributed by atoms with Gasteiger partial charge in [-0.1, -0.05) is 17.7 Å². The van der Waals surface area contributed by atoms with Gasteiger partial charge in [0.2, 0.25) is 10.0 Å². The van der Waals surface area contributed by atoms with Crippen LogP contribution in [0.1, 0.15) is 12.0 Å². The Morgan fingerprint density at radius 3 is 2.46 bits per heavy atom. The van der Waals surface area contributed by atoms with E-state index in [2.05, 4.69) is 10.6 Å². The molecule has 0 aromatic heterocycles. The van der Waals surface area contributed by atoms with Crippen molar-refractivity contribution < 1.29 is 22.7 Å². The van der Waals surface area contributed by atoms with Gasteiger partial charge in [-0.05, 0) is 39.6 Å². The molecule has 0 bridgehead atoms. The van der Waals surface area contributed by atoms with E-state index < -0.39 is 28.1 Å². The van der Waals surface area contributed by atoms with Gasteiger partial charge in [-0.25, -0.2) is 8.42 Å². The van der Waals surface area contributed by atoms with Gasteiger partial charge in [0.15, 0.2) is 0 Å². The van der Waals surface area contributed by atoms with Crippen LogP contribution in [0.15, 0.2) is 29.2 Å². The molecule has 1 fully saturated rings. The maximum Gasteiger partial charge on any atom is 0.309 e. The Morgan fingerprint density at radius 1 is 1.18 bits per heavy atom. The van der Waals surface area contributed by atoms with Crippen molar-refractivity contribution in [2.24, 2.45) is 0 Å². The van der Waals surface area contributed by atoms with Crippen LogP contribution in [0, 0.1) is 6.92 Å². The molecule has 28 heavy (non-hydrogen) atoms. The van der Waals surface area contributed by atoms with Crippen LogP contribution in [0.5, 0.6) is 0 Å². The predicted molar refractivity (Wildman–Crippen MR) is 104 cm³/mol. The molecule has 0 radical (unpaired) electrons. The van der Waals surface area contributed by atoms with Crippen LogP contribution in [-0.4, -0.2) is 82.5 Å². The Hall–Kier alpha value is -2.01. The Morgan fingerprint density at radius 2 is 1.82 bits per heavy atom. The summed E-state index contributed by atoms with van der Waals surface area (Å²) in [5.41, 5.74) is 0.956. The third-order valence-electron chi connectivity index (χ3n) is 4.27. The monoisotopic (exact) mass is 412 g/mol. The predicted octanol–water partition coefficient (Wildman–Crippen LogP) is -0.474. The normalized spacial score (nSPS) is 18.1. The summed E-state index contributed by atoms with van der Waals surface area (Å²) in [6.07, 6.45) is -0.306. The molecule has 1 aromatic rings. The van der Waals surface area contributed by atoms with E-state index in [0.29, 0.717) is 26.1 Å². The van der Waals surface area contributed by atoms with E-state index in [1.54, 1.807) is 24.3 Å². The second-order valence-corrected chi connectivity index (χ2v) is 8.77. The summed E-state index contributed by atoms with van der Waals surface area (Å²) in [6.45, 7) is 3.38. The number of sulfonamides is 1.